The summed E-state index contributed by atoms with van der Waals surface area (Å²) in [5.41, 5.74) is 2.73. The Balaban J connectivity index is 1.91. The average molecular weight is 312 g/mol. The molecule has 0 fully saturated rings. The number of aromatic nitrogens is 2. The fourth-order valence-corrected chi connectivity index (χ4v) is 3.09. The second-order valence-electron chi connectivity index (χ2n) is 5.30. The number of benzene rings is 1. The molecule has 20 heavy (non-hydrogen) atoms. The molecule has 1 heterocycles. The van der Waals surface area contributed by atoms with Gasteiger partial charge in [0, 0.05) is 6.04 Å². The zero-order valence-electron chi connectivity index (χ0n) is 12.2. The first kappa shape index (κ1) is 15.5. The Morgan fingerprint density at radius 1 is 1.20 bits per heavy atom. The SMILES string of the molecule is CCCCCCCC(C)Nc1c(Cl)ccc2nsnc12. The van der Waals surface area contributed by atoms with Gasteiger partial charge in [0.05, 0.1) is 22.4 Å². The molecule has 0 radical (unpaired) electrons. The van der Waals surface area contributed by atoms with Crippen molar-refractivity contribution in [2.24, 2.45) is 0 Å². The summed E-state index contributed by atoms with van der Waals surface area (Å²) in [5.74, 6) is 0. The maximum Gasteiger partial charge on any atom is 0.129 e. The Bertz CT molecular complexity index is 541. The van der Waals surface area contributed by atoms with Gasteiger partial charge in [0.2, 0.25) is 0 Å². The van der Waals surface area contributed by atoms with Crippen molar-refractivity contribution < 1.29 is 0 Å². The van der Waals surface area contributed by atoms with Crippen LogP contribution in [0, 0.1) is 0 Å². The van der Waals surface area contributed by atoms with Crippen molar-refractivity contribution in [3.8, 4) is 0 Å². The van der Waals surface area contributed by atoms with Crippen LogP contribution in [0.25, 0.3) is 11.0 Å². The lowest BCUT2D eigenvalue weighted by atomic mass is 10.1. The third-order valence-electron chi connectivity index (χ3n) is 3.51. The number of hydrogen-bond acceptors (Lipinski definition) is 4. The van der Waals surface area contributed by atoms with Crippen LogP contribution in [-0.4, -0.2) is 14.8 Å². The van der Waals surface area contributed by atoms with E-state index in [0.29, 0.717) is 6.04 Å². The van der Waals surface area contributed by atoms with Gasteiger partial charge in [0.25, 0.3) is 0 Å². The van der Waals surface area contributed by atoms with Crippen molar-refractivity contribution in [1.82, 2.24) is 8.75 Å². The number of fused-ring (bicyclic) bond motifs is 1. The van der Waals surface area contributed by atoms with Crippen LogP contribution in [-0.2, 0) is 0 Å². The molecule has 0 saturated heterocycles. The van der Waals surface area contributed by atoms with E-state index < -0.39 is 0 Å². The Hall–Kier alpha value is -0.870. The molecule has 1 N–H and O–H groups in total. The van der Waals surface area contributed by atoms with E-state index in [2.05, 4.69) is 27.9 Å². The van der Waals surface area contributed by atoms with E-state index in [9.17, 15) is 0 Å². The molecule has 1 unspecified atom stereocenters. The van der Waals surface area contributed by atoms with Gasteiger partial charge < -0.3 is 5.32 Å². The van der Waals surface area contributed by atoms with Crippen LogP contribution in [0.1, 0.15) is 52.4 Å². The summed E-state index contributed by atoms with van der Waals surface area (Å²) in [6, 6.07) is 4.21. The second kappa shape index (κ2) is 7.79. The summed E-state index contributed by atoms with van der Waals surface area (Å²) in [7, 11) is 0. The quantitative estimate of drug-likeness (QED) is 0.653. The highest BCUT2D eigenvalue weighted by Crippen LogP contribution is 2.30. The topological polar surface area (TPSA) is 37.8 Å². The molecule has 0 amide bonds. The van der Waals surface area contributed by atoms with Crippen molar-refractivity contribution in [2.45, 2.75) is 58.4 Å². The van der Waals surface area contributed by atoms with Gasteiger partial charge in [-0.05, 0) is 25.5 Å². The van der Waals surface area contributed by atoms with Crippen LogP contribution >= 0.6 is 23.3 Å². The summed E-state index contributed by atoms with van der Waals surface area (Å²) >= 11 is 7.51. The molecule has 5 heteroatoms. The minimum atomic E-state index is 0.404. The molecule has 0 aliphatic rings. The van der Waals surface area contributed by atoms with Crippen LogP contribution < -0.4 is 5.32 Å². The average Bonchev–Trinajstić information content (AvgIpc) is 2.90. The number of rotatable bonds is 8. The minimum absolute atomic E-state index is 0.404. The Labute approximate surface area is 130 Å². The van der Waals surface area contributed by atoms with Crippen LogP contribution in [0.5, 0.6) is 0 Å². The predicted molar refractivity (Wildman–Crippen MR) is 88.9 cm³/mol. The molecule has 0 saturated carbocycles. The maximum atomic E-state index is 6.28. The van der Waals surface area contributed by atoms with Crippen LogP contribution in [0.2, 0.25) is 5.02 Å². The first-order chi connectivity index (χ1) is 9.72. The van der Waals surface area contributed by atoms with Crippen molar-refractivity contribution in [3.05, 3.63) is 17.2 Å². The molecule has 0 aliphatic carbocycles. The smallest absolute Gasteiger partial charge is 0.129 e. The summed E-state index contributed by atoms with van der Waals surface area (Å²) in [4.78, 5) is 0. The molecule has 0 bridgehead atoms. The second-order valence-corrected chi connectivity index (χ2v) is 6.24. The van der Waals surface area contributed by atoms with Gasteiger partial charge in [-0.25, -0.2) is 0 Å². The fraction of sp³-hybridized carbons (Fsp3) is 0.600. The lowest BCUT2D eigenvalue weighted by Crippen LogP contribution is -2.15. The van der Waals surface area contributed by atoms with Gasteiger partial charge in [-0.1, -0.05) is 50.6 Å². The maximum absolute atomic E-state index is 6.28. The van der Waals surface area contributed by atoms with Gasteiger partial charge in [-0.15, -0.1) is 0 Å². The molecule has 2 rings (SSSR count). The Kier molecular flexibility index (Phi) is 6.05. The standard InChI is InChI=1S/C15H22ClN3S/c1-3-4-5-6-7-8-11(2)17-14-12(16)9-10-13-15(14)19-20-18-13/h9-11,17H,3-8H2,1-2H3. The molecule has 0 spiro atoms. The summed E-state index contributed by atoms with van der Waals surface area (Å²) in [5, 5.41) is 4.23. The summed E-state index contributed by atoms with van der Waals surface area (Å²) < 4.78 is 8.59. The highest BCUT2D eigenvalue weighted by atomic mass is 35.5. The van der Waals surface area contributed by atoms with E-state index in [1.54, 1.807) is 0 Å². The number of hydrogen-bond donors (Lipinski definition) is 1. The molecular formula is C15H22ClN3S. The first-order valence-corrected chi connectivity index (χ1v) is 8.50. The number of anilines is 1. The molecule has 0 aliphatic heterocycles. The van der Waals surface area contributed by atoms with E-state index in [1.807, 2.05) is 12.1 Å². The zero-order valence-corrected chi connectivity index (χ0v) is 13.7. The molecule has 3 nitrogen and oxygen atoms in total. The Morgan fingerprint density at radius 2 is 2.00 bits per heavy atom. The largest absolute Gasteiger partial charge is 0.380 e. The Morgan fingerprint density at radius 3 is 2.80 bits per heavy atom. The van der Waals surface area contributed by atoms with Gasteiger partial charge in [-0.2, -0.15) is 8.75 Å². The number of nitrogens with zero attached hydrogens (tertiary/aromatic N) is 2. The zero-order chi connectivity index (χ0) is 14.4. The molecule has 1 atom stereocenters. The highest BCUT2D eigenvalue weighted by Gasteiger charge is 2.12. The molecular weight excluding hydrogens is 290 g/mol. The fourth-order valence-electron chi connectivity index (χ4n) is 2.34. The summed E-state index contributed by atoms with van der Waals surface area (Å²) in [6.07, 6.45) is 7.72. The van der Waals surface area contributed by atoms with Gasteiger partial charge >= 0.3 is 0 Å². The van der Waals surface area contributed by atoms with Crippen molar-refractivity contribution in [3.63, 3.8) is 0 Å². The van der Waals surface area contributed by atoms with Gasteiger partial charge in [-0.3, -0.25) is 0 Å². The van der Waals surface area contributed by atoms with E-state index in [4.69, 9.17) is 11.6 Å². The third kappa shape index (κ3) is 4.06. The number of nitrogens with one attached hydrogen (secondary N) is 1. The van der Waals surface area contributed by atoms with E-state index in [-0.39, 0.29) is 0 Å². The van der Waals surface area contributed by atoms with Gasteiger partial charge in [0.1, 0.15) is 11.0 Å². The van der Waals surface area contributed by atoms with Gasteiger partial charge in [0.15, 0.2) is 0 Å². The summed E-state index contributed by atoms with van der Waals surface area (Å²) in [6.45, 7) is 4.45. The molecule has 110 valence electrons. The molecule has 1 aromatic heterocycles. The number of halogens is 1. The van der Waals surface area contributed by atoms with E-state index >= 15 is 0 Å². The van der Waals surface area contributed by atoms with Crippen LogP contribution in [0.15, 0.2) is 12.1 Å². The first-order valence-electron chi connectivity index (χ1n) is 7.39. The monoisotopic (exact) mass is 311 g/mol. The van der Waals surface area contributed by atoms with E-state index in [0.717, 1.165) is 28.2 Å². The lowest BCUT2D eigenvalue weighted by Gasteiger charge is -2.16. The highest BCUT2D eigenvalue weighted by molar-refractivity contribution is 7.00. The van der Waals surface area contributed by atoms with Crippen molar-refractivity contribution in [1.29, 1.82) is 0 Å². The van der Waals surface area contributed by atoms with Crippen molar-refractivity contribution in [2.75, 3.05) is 5.32 Å². The lowest BCUT2D eigenvalue weighted by molar-refractivity contribution is 0.579. The molecule has 1 aromatic carbocycles. The van der Waals surface area contributed by atoms with Crippen LogP contribution in [0.4, 0.5) is 5.69 Å². The molecule has 2 aromatic rings. The minimum Gasteiger partial charge on any atom is -0.380 e. The van der Waals surface area contributed by atoms with E-state index in [1.165, 1.54) is 43.8 Å². The third-order valence-corrected chi connectivity index (χ3v) is 4.37. The number of unbranched alkanes of at least 4 members (excludes halogenated alkanes) is 4. The predicted octanol–water partition coefficient (Wildman–Crippen LogP) is 5.51. The van der Waals surface area contributed by atoms with Crippen LogP contribution in [0.3, 0.4) is 0 Å². The normalized spacial score (nSPS) is 12.8. The van der Waals surface area contributed by atoms with Crippen molar-refractivity contribution >= 4 is 40.0 Å².